The first-order valence-electron chi connectivity index (χ1n) is 6.32. The van der Waals surface area contributed by atoms with E-state index >= 15 is 0 Å². The average molecular weight is 233 g/mol. The molecule has 3 N–H and O–H groups in total. The summed E-state index contributed by atoms with van der Waals surface area (Å²) in [5.74, 6) is 0. The predicted octanol–water partition coefficient (Wildman–Crippen LogP) is 1.35. The van der Waals surface area contributed by atoms with Crippen LogP contribution in [0.2, 0.25) is 0 Å². The zero-order valence-corrected chi connectivity index (χ0v) is 10.8. The molecule has 0 aromatic carbocycles. The minimum absolute atomic E-state index is 0.289. The summed E-state index contributed by atoms with van der Waals surface area (Å²) in [6, 6.07) is 0. The molecule has 0 fully saturated rings. The fourth-order valence-electron chi connectivity index (χ4n) is 1.39. The van der Waals surface area contributed by atoms with Gasteiger partial charge in [-0.15, -0.1) is 0 Å². The van der Waals surface area contributed by atoms with Crippen molar-refractivity contribution >= 4 is 6.16 Å². The Morgan fingerprint density at radius 3 is 1.88 bits per heavy atom. The van der Waals surface area contributed by atoms with Crippen LogP contribution < -0.4 is 10.8 Å². The number of unbranched alkanes of at least 4 members (excludes halogenated alkanes) is 7. The molecular formula is C12H27NO3. The number of carbonyl (C=O) groups excluding carboxylic acids is 1. The molecule has 0 aromatic rings. The van der Waals surface area contributed by atoms with Gasteiger partial charge >= 0.3 is 0 Å². The molecule has 16 heavy (non-hydrogen) atoms. The molecule has 0 rings (SSSR count). The molecule has 0 aliphatic rings. The third-order valence-electron chi connectivity index (χ3n) is 2.22. The van der Waals surface area contributed by atoms with Crippen molar-refractivity contribution < 1.29 is 20.4 Å². The van der Waals surface area contributed by atoms with Crippen molar-refractivity contribution in [2.45, 2.75) is 58.3 Å². The average Bonchev–Trinajstić information content (AvgIpc) is 2.29. The van der Waals surface area contributed by atoms with Crippen LogP contribution in [-0.2, 0) is 4.74 Å². The second kappa shape index (κ2) is 16.7. The second-order valence-electron chi connectivity index (χ2n) is 3.57. The molecule has 0 aliphatic heterocycles. The predicted molar refractivity (Wildman–Crippen MR) is 62.8 cm³/mol. The standard InChI is InChI=1S/C11H22O3.CH5N/c1-2-3-4-5-6-7-8-9-10-14-11(12)13;1-2/h2-10H2,1H3,(H,12,13);2H2,1H3. The van der Waals surface area contributed by atoms with E-state index in [1.165, 1.54) is 38.5 Å². The fraction of sp³-hybridized carbons (Fsp3) is 0.917. The molecule has 98 valence electrons. The van der Waals surface area contributed by atoms with E-state index in [1.54, 1.807) is 7.05 Å². The van der Waals surface area contributed by atoms with E-state index in [9.17, 15) is 9.90 Å². The maximum absolute atomic E-state index is 9.87. The van der Waals surface area contributed by atoms with E-state index in [1.807, 2.05) is 0 Å². The number of hydrogen-bond donors (Lipinski definition) is 1. The fourth-order valence-corrected chi connectivity index (χ4v) is 1.39. The van der Waals surface area contributed by atoms with E-state index in [0.29, 0.717) is 0 Å². The summed E-state index contributed by atoms with van der Waals surface area (Å²) in [7, 11) is 1.75. The lowest BCUT2D eigenvalue weighted by atomic mass is 10.1. The first-order valence-corrected chi connectivity index (χ1v) is 6.32. The number of quaternary nitrogens is 1. The molecule has 0 aliphatic carbocycles. The normalized spacial score (nSPS) is 9.19. The molecule has 0 radical (unpaired) electrons. The maximum Gasteiger partial charge on any atom is 0.251 e. The largest absolute Gasteiger partial charge is 0.550 e. The van der Waals surface area contributed by atoms with Crippen molar-refractivity contribution in [3.05, 3.63) is 0 Å². The van der Waals surface area contributed by atoms with Gasteiger partial charge in [0.1, 0.15) is 0 Å². The van der Waals surface area contributed by atoms with Crippen molar-refractivity contribution in [3.8, 4) is 0 Å². The summed E-state index contributed by atoms with van der Waals surface area (Å²) >= 11 is 0. The zero-order valence-electron chi connectivity index (χ0n) is 10.8. The summed E-state index contributed by atoms with van der Waals surface area (Å²) in [6.07, 6.45) is 8.13. The molecule has 0 saturated heterocycles. The van der Waals surface area contributed by atoms with Crippen LogP contribution in [0.25, 0.3) is 0 Å². The van der Waals surface area contributed by atoms with Crippen LogP contribution in [0.5, 0.6) is 0 Å². The molecule has 4 heteroatoms. The number of carboxylic acid groups (broad SMARTS) is 1. The van der Waals surface area contributed by atoms with E-state index in [2.05, 4.69) is 17.4 Å². The van der Waals surface area contributed by atoms with Crippen LogP contribution in [0.3, 0.4) is 0 Å². The van der Waals surface area contributed by atoms with Gasteiger partial charge in [0.05, 0.1) is 7.05 Å². The Morgan fingerprint density at radius 1 is 1.00 bits per heavy atom. The Morgan fingerprint density at radius 2 is 1.44 bits per heavy atom. The van der Waals surface area contributed by atoms with E-state index in [-0.39, 0.29) is 6.61 Å². The van der Waals surface area contributed by atoms with Crippen LogP contribution in [0.15, 0.2) is 0 Å². The van der Waals surface area contributed by atoms with E-state index in [0.717, 1.165) is 12.8 Å². The van der Waals surface area contributed by atoms with Crippen molar-refractivity contribution in [1.29, 1.82) is 0 Å². The third kappa shape index (κ3) is 18.9. The highest BCUT2D eigenvalue weighted by atomic mass is 16.7. The van der Waals surface area contributed by atoms with Gasteiger partial charge in [0.15, 0.2) is 0 Å². The lowest BCUT2D eigenvalue weighted by Gasteiger charge is -2.07. The summed E-state index contributed by atoms with van der Waals surface area (Å²) in [5.41, 5.74) is 3.25. The van der Waals surface area contributed by atoms with Crippen LogP contribution in [0.4, 0.5) is 4.79 Å². The molecule has 0 aromatic heterocycles. The van der Waals surface area contributed by atoms with E-state index < -0.39 is 6.16 Å². The van der Waals surface area contributed by atoms with Gasteiger partial charge in [-0.25, -0.2) is 0 Å². The first-order chi connectivity index (χ1) is 7.77. The SMILES string of the molecule is CCCCCCCCCCOC(=O)[O-].C[NH3+]. The quantitative estimate of drug-likeness (QED) is 0.482. The van der Waals surface area contributed by atoms with Crippen molar-refractivity contribution in [2.24, 2.45) is 0 Å². The van der Waals surface area contributed by atoms with Gasteiger partial charge < -0.3 is 20.4 Å². The smallest absolute Gasteiger partial charge is 0.251 e. The number of hydrogen-bond acceptors (Lipinski definition) is 3. The molecule has 0 heterocycles. The Balaban J connectivity index is 0. The summed E-state index contributed by atoms with van der Waals surface area (Å²) in [5, 5.41) is 9.87. The van der Waals surface area contributed by atoms with Crippen LogP contribution >= 0.6 is 0 Å². The summed E-state index contributed by atoms with van der Waals surface area (Å²) < 4.78 is 4.29. The van der Waals surface area contributed by atoms with Gasteiger partial charge in [-0.1, -0.05) is 51.9 Å². The van der Waals surface area contributed by atoms with Crippen LogP contribution in [0, 0.1) is 0 Å². The van der Waals surface area contributed by atoms with Gasteiger partial charge in [-0.2, -0.15) is 0 Å². The van der Waals surface area contributed by atoms with E-state index in [4.69, 9.17) is 0 Å². The lowest BCUT2D eigenvalue weighted by molar-refractivity contribution is -0.325. The molecule has 0 bridgehead atoms. The van der Waals surface area contributed by atoms with Gasteiger partial charge in [0.25, 0.3) is 6.16 Å². The van der Waals surface area contributed by atoms with Gasteiger partial charge in [-0.3, -0.25) is 0 Å². The zero-order chi connectivity index (χ0) is 12.6. The second-order valence-corrected chi connectivity index (χ2v) is 3.57. The molecule has 4 nitrogen and oxygen atoms in total. The Hall–Kier alpha value is -0.770. The highest BCUT2D eigenvalue weighted by molar-refractivity contribution is 5.53. The Labute approximate surface area is 99.2 Å². The van der Waals surface area contributed by atoms with Crippen molar-refractivity contribution in [1.82, 2.24) is 0 Å². The third-order valence-corrected chi connectivity index (χ3v) is 2.22. The molecule has 0 amide bonds. The highest BCUT2D eigenvalue weighted by Crippen LogP contribution is 2.08. The minimum atomic E-state index is -1.41. The number of carbonyl (C=O) groups is 1. The molecule has 0 spiro atoms. The van der Waals surface area contributed by atoms with Crippen LogP contribution in [-0.4, -0.2) is 19.8 Å². The monoisotopic (exact) mass is 233 g/mol. The van der Waals surface area contributed by atoms with Crippen LogP contribution in [0.1, 0.15) is 58.3 Å². The molecular weight excluding hydrogens is 206 g/mol. The highest BCUT2D eigenvalue weighted by Gasteiger charge is 1.91. The first kappa shape index (κ1) is 17.6. The van der Waals surface area contributed by atoms with Crippen molar-refractivity contribution in [3.63, 3.8) is 0 Å². The van der Waals surface area contributed by atoms with Crippen molar-refractivity contribution in [2.75, 3.05) is 13.7 Å². The van der Waals surface area contributed by atoms with Gasteiger partial charge in [-0.05, 0) is 6.42 Å². The summed E-state index contributed by atoms with van der Waals surface area (Å²) in [4.78, 5) is 9.87. The van der Waals surface area contributed by atoms with Gasteiger partial charge in [0, 0.05) is 6.61 Å². The van der Waals surface area contributed by atoms with Gasteiger partial charge in [0.2, 0.25) is 0 Å². The number of rotatable bonds is 9. The maximum atomic E-state index is 9.87. The molecule has 0 atom stereocenters. The number of ether oxygens (including phenoxy) is 1. The Bertz CT molecular complexity index is 140. The Kier molecular flexibility index (Phi) is 18.3. The molecule has 0 unspecified atom stereocenters. The minimum Gasteiger partial charge on any atom is -0.550 e. The summed E-state index contributed by atoms with van der Waals surface area (Å²) in [6.45, 7) is 2.49. The lowest BCUT2D eigenvalue weighted by Crippen LogP contribution is -2.40. The topological polar surface area (TPSA) is 77.0 Å². The molecule has 0 saturated carbocycles.